The van der Waals surface area contributed by atoms with Gasteiger partial charge in [0.25, 0.3) is 5.91 Å². The molecular weight excluding hydrogens is 212 g/mol. The van der Waals surface area contributed by atoms with Crippen molar-refractivity contribution in [3.63, 3.8) is 0 Å². The van der Waals surface area contributed by atoms with E-state index in [9.17, 15) is 4.79 Å². The predicted molar refractivity (Wildman–Crippen MR) is 68.9 cm³/mol. The lowest BCUT2D eigenvalue weighted by Gasteiger charge is -2.15. The van der Waals surface area contributed by atoms with Crippen LogP contribution in [0.15, 0.2) is 24.3 Å². The van der Waals surface area contributed by atoms with Gasteiger partial charge < -0.3 is 11.1 Å². The first kappa shape index (κ1) is 12.1. The van der Waals surface area contributed by atoms with Gasteiger partial charge in [0.1, 0.15) is 0 Å². The van der Waals surface area contributed by atoms with Crippen LogP contribution in [0.25, 0.3) is 0 Å². The summed E-state index contributed by atoms with van der Waals surface area (Å²) < 4.78 is 0. The molecule has 0 atom stereocenters. The molecule has 1 aromatic rings. The van der Waals surface area contributed by atoms with Crippen molar-refractivity contribution in [1.29, 1.82) is 0 Å². The minimum Gasteiger partial charge on any atom is -0.351 e. The summed E-state index contributed by atoms with van der Waals surface area (Å²) in [5, 5.41) is 3.03. The molecule has 3 nitrogen and oxygen atoms in total. The average Bonchev–Trinajstić information content (AvgIpc) is 3.08. The molecule has 0 bridgehead atoms. The summed E-state index contributed by atoms with van der Waals surface area (Å²) in [6.07, 6.45) is 3.40. The van der Waals surface area contributed by atoms with Gasteiger partial charge in [-0.2, -0.15) is 0 Å². The van der Waals surface area contributed by atoms with Gasteiger partial charge in [0.05, 0.1) is 0 Å². The Morgan fingerprint density at radius 1 is 1.41 bits per heavy atom. The van der Waals surface area contributed by atoms with Crippen molar-refractivity contribution in [2.24, 2.45) is 11.1 Å². The van der Waals surface area contributed by atoms with E-state index in [1.165, 1.54) is 12.8 Å². The summed E-state index contributed by atoms with van der Waals surface area (Å²) >= 11 is 0. The molecule has 2 rings (SSSR count). The van der Waals surface area contributed by atoms with Crippen molar-refractivity contribution >= 4 is 5.91 Å². The van der Waals surface area contributed by atoms with Gasteiger partial charge in [-0.05, 0) is 49.8 Å². The number of nitrogens with two attached hydrogens (primary N) is 1. The molecule has 0 heterocycles. The van der Waals surface area contributed by atoms with Gasteiger partial charge >= 0.3 is 0 Å². The van der Waals surface area contributed by atoms with E-state index in [2.05, 4.69) is 5.32 Å². The van der Waals surface area contributed by atoms with Gasteiger partial charge in [0.15, 0.2) is 0 Å². The number of aryl methyl sites for hydroxylation is 1. The summed E-state index contributed by atoms with van der Waals surface area (Å²) in [7, 11) is 0. The van der Waals surface area contributed by atoms with Crippen LogP contribution in [-0.2, 0) is 0 Å². The number of rotatable bonds is 5. The van der Waals surface area contributed by atoms with Crippen LogP contribution in [0.3, 0.4) is 0 Å². The van der Waals surface area contributed by atoms with Crippen LogP contribution in [0.5, 0.6) is 0 Å². The Bertz CT molecular complexity index is 410. The van der Waals surface area contributed by atoms with Crippen LogP contribution >= 0.6 is 0 Å². The molecule has 0 spiro atoms. The fourth-order valence-corrected chi connectivity index (χ4v) is 2.19. The molecule has 3 N–H and O–H groups in total. The monoisotopic (exact) mass is 232 g/mol. The van der Waals surface area contributed by atoms with Crippen molar-refractivity contribution in [2.75, 3.05) is 13.1 Å². The quantitative estimate of drug-likeness (QED) is 0.814. The smallest absolute Gasteiger partial charge is 0.251 e. The van der Waals surface area contributed by atoms with Crippen LogP contribution < -0.4 is 11.1 Å². The molecule has 0 unspecified atom stereocenters. The van der Waals surface area contributed by atoms with E-state index in [1.54, 1.807) is 0 Å². The first-order chi connectivity index (χ1) is 8.17. The van der Waals surface area contributed by atoms with Gasteiger partial charge in [-0.1, -0.05) is 18.2 Å². The first-order valence-corrected chi connectivity index (χ1v) is 6.21. The summed E-state index contributed by atoms with van der Waals surface area (Å²) in [5.41, 5.74) is 7.68. The van der Waals surface area contributed by atoms with Gasteiger partial charge in [-0.15, -0.1) is 0 Å². The van der Waals surface area contributed by atoms with E-state index < -0.39 is 0 Å². The molecule has 1 amide bonds. The number of nitrogens with one attached hydrogen (secondary N) is 1. The lowest BCUT2D eigenvalue weighted by Crippen LogP contribution is -2.31. The maximum absolute atomic E-state index is 12.0. The maximum Gasteiger partial charge on any atom is 0.251 e. The molecule has 17 heavy (non-hydrogen) atoms. The second kappa shape index (κ2) is 4.88. The number of carbonyl (C=O) groups excluding carboxylic acids is 1. The largest absolute Gasteiger partial charge is 0.351 e. The summed E-state index contributed by atoms with van der Waals surface area (Å²) in [6, 6.07) is 7.67. The molecule has 0 radical (unpaired) electrons. The van der Waals surface area contributed by atoms with Crippen LogP contribution in [0.2, 0.25) is 0 Å². The zero-order valence-corrected chi connectivity index (χ0v) is 10.3. The van der Waals surface area contributed by atoms with Crippen molar-refractivity contribution < 1.29 is 4.79 Å². The molecule has 1 saturated carbocycles. The minimum atomic E-state index is 0.0337. The highest BCUT2D eigenvalue weighted by Gasteiger charge is 2.41. The number of amides is 1. The van der Waals surface area contributed by atoms with Crippen LogP contribution in [0.4, 0.5) is 0 Å². The van der Waals surface area contributed by atoms with Crippen LogP contribution in [0, 0.1) is 12.3 Å². The Kier molecular flexibility index (Phi) is 3.48. The second-order valence-electron chi connectivity index (χ2n) is 5.04. The molecule has 1 aliphatic rings. The number of hydrogen-bond donors (Lipinski definition) is 2. The Balaban J connectivity index is 1.92. The van der Waals surface area contributed by atoms with Gasteiger partial charge in [0.2, 0.25) is 0 Å². The van der Waals surface area contributed by atoms with E-state index in [1.807, 2.05) is 31.2 Å². The predicted octanol–water partition coefficient (Wildman–Crippen LogP) is 1.85. The Morgan fingerprint density at radius 2 is 2.12 bits per heavy atom. The molecule has 1 aromatic carbocycles. The normalized spacial score (nSPS) is 16.6. The highest BCUT2D eigenvalue weighted by molar-refractivity contribution is 5.95. The fourth-order valence-electron chi connectivity index (χ4n) is 2.19. The van der Waals surface area contributed by atoms with Crippen molar-refractivity contribution in [3.05, 3.63) is 35.4 Å². The summed E-state index contributed by atoms with van der Waals surface area (Å²) in [6.45, 7) is 3.43. The van der Waals surface area contributed by atoms with Crippen molar-refractivity contribution in [2.45, 2.75) is 26.2 Å². The number of benzene rings is 1. The topological polar surface area (TPSA) is 55.1 Å². The van der Waals surface area contributed by atoms with Crippen LogP contribution in [0.1, 0.15) is 35.2 Å². The number of carbonyl (C=O) groups is 1. The third-order valence-corrected chi connectivity index (χ3v) is 3.65. The molecule has 0 aliphatic heterocycles. The van der Waals surface area contributed by atoms with Crippen molar-refractivity contribution in [1.82, 2.24) is 5.32 Å². The summed E-state index contributed by atoms with van der Waals surface area (Å²) in [4.78, 5) is 12.0. The molecule has 0 aromatic heterocycles. The third kappa shape index (κ3) is 2.86. The molecule has 1 aliphatic carbocycles. The molecular formula is C14H20N2O. The highest BCUT2D eigenvalue weighted by Crippen LogP contribution is 2.47. The zero-order valence-electron chi connectivity index (χ0n) is 10.3. The first-order valence-electron chi connectivity index (χ1n) is 6.21. The Morgan fingerprint density at radius 3 is 2.71 bits per heavy atom. The van der Waals surface area contributed by atoms with E-state index in [4.69, 9.17) is 5.73 Å². The zero-order chi connectivity index (χ0) is 12.3. The lowest BCUT2D eigenvalue weighted by atomic mass is 10.0. The Labute approximate surface area is 102 Å². The van der Waals surface area contributed by atoms with E-state index in [-0.39, 0.29) is 5.91 Å². The molecule has 3 heteroatoms. The van der Waals surface area contributed by atoms with Crippen molar-refractivity contribution in [3.8, 4) is 0 Å². The van der Waals surface area contributed by atoms with E-state index in [0.717, 1.165) is 24.1 Å². The lowest BCUT2D eigenvalue weighted by molar-refractivity contribution is 0.0943. The SMILES string of the molecule is Cc1ccccc1C(=O)NCC1(CCN)CC1. The highest BCUT2D eigenvalue weighted by atomic mass is 16.1. The molecule has 0 saturated heterocycles. The second-order valence-corrected chi connectivity index (χ2v) is 5.04. The summed E-state index contributed by atoms with van der Waals surface area (Å²) in [5.74, 6) is 0.0337. The van der Waals surface area contributed by atoms with Gasteiger partial charge in [-0.3, -0.25) is 4.79 Å². The Hall–Kier alpha value is -1.35. The van der Waals surface area contributed by atoms with Gasteiger partial charge in [0, 0.05) is 12.1 Å². The third-order valence-electron chi connectivity index (χ3n) is 3.65. The minimum absolute atomic E-state index is 0.0337. The van der Waals surface area contributed by atoms with Crippen LogP contribution in [-0.4, -0.2) is 19.0 Å². The molecule has 1 fully saturated rings. The number of hydrogen-bond acceptors (Lipinski definition) is 2. The van der Waals surface area contributed by atoms with E-state index in [0.29, 0.717) is 12.0 Å². The van der Waals surface area contributed by atoms with Gasteiger partial charge in [-0.25, -0.2) is 0 Å². The van der Waals surface area contributed by atoms with E-state index >= 15 is 0 Å². The fraction of sp³-hybridized carbons (Fsp3) is 0.500. The standard InChI is InChI=1S/C14H20N2O/c1-11-4-2-3-5-12(11)13(17)16-10-14(6-7-14)8-9-15/h2-5H,6-10,15H2,1H3,(H,16,17). The molecule has 92 valence electrons. The maximum atomic E-state index is 12.0. The average molecular weight is 232 g/mol.